The second-order valence-electron chi connectivity index (χ2n) is 6.79. The molecule has 0 fully saturated rings. The monoisotopic (exact) mass is 378 g/mol. The Bertz CT molecular complexity index is 1070. The number of hydrogen-bond acceptors (Lipinski definition) is 3. The predicted octanol–water partition coefficient (Wildman–Crippen LogP) is 2.37. The normalized spacial score (nSPS) is 11.9. The fourth-order valence-corrected chi connectivity index (χ4v) is 3.20. The van der Waals surface area contributed by atoms with Crippen LogP contribution in [0.15, 0.2) is 65.6 Å². The third-order valence-corrected chi connectivity index (χ3v) is 4.82. The first-order valence-corrected chi connectivity index (χ1v) is 9.08. The average Bonchev–Trinajstić information content (AvgIpc) is 2.68. The van der Waals surface area contributed by atoms with Gasteiger partial charge in [0.05, 0.1) is 11.4 Å². The molecule has 6 nitrogen and oxygen atoms in total. The third-order valence-electron chi connectivity index (χ3n) is 4.82. The van der Waals surface area contributed by atoms with Crippen molar-refractivity contribution in [3.8, 4) is 0 Å². The molecule has 2 aromatic carbocycles. The Balaban J connectivity index is 1.67. The Kier molecular flexibility index (Phi) is 5.89. The van der Waals surface area contributed by atoms with E-state index in [1.54, 1.807) is 35.0 Å². The van der Waals surface area contributed by atoms with Gasteiger partial charge in [0.25, 0.3) is 0 Å². The fourth-order valence-electron chi connectivity index (χ4n) is 3.20. The molecule has 0 aliphatic rings. The molecule has 0 bridgehead atoms. The summed E-state index contributed by atoms with van der Waals surface area (Å²) >= 11 is 0. The molecule has 0 unspecified atom stereocenters. The Morgan fingerprint density at radius 3 is 2.54 bits per heavy atom. The molecular weight excluding hydrogens is 356 g/mol. The second kappa shape index (κ2) is 8.52. The number of aryl methyl sites for hydroxylation is 1. The summed E-state index contributed by atoms with van der Waals surface area (Å²) in [6.45, 7) is 1.99. The lowest BCUT2D eigenvalue weighted by molar-refractivity contribution is -0.141. The van der Waals surface area contributed by atoms with Gasteiger partial charge >= 0.3 is 5.97 Å². The Labute approximate surface area is 162 Å². The van der Waals surface area contributed by atoms with E-state index in [4.69, 9.17) is 0 Å². The first kappa shape index (κ1) is 19.4. The number of carboxylic acids is 1. The van der Waals surface area contributed by atoms with Gasteiger partial charge in [0, 0.05) is 24.2 Å². The molecule has 0 saturated heterocycles. The van der Waals surface area contributed by atoms with Gasteiger partial charge in [-0.1, -0.05) is 36.4 Å². The van der Waals surface area contributed by atoms with Crippen LogP contribution >= 0.6 is 0 Å². The number of fused-ring (bicyclic) bond motifs is 1. The van der Waals surface area contributed by atoms with E-state index < -0.39 is 11.9 Å². The minimum absolute atomic E-state index is 0.0114. The first-order chi connectivity index (χ1) is 13.5. The number of carbonyl (C=O) groups is 2. The van der Waals surface area contributed by atoms with Crippen LogP contribution in [0.5, 0.6) is 0 Å². The molecule has 3 rings (SSSR count). The summed E-state index contributed by atoms with van der Waals surface area (Å²) in [5.41, 5.74) is 2.55. The summed E-state index contributed by atoms with van der Waals surface area (Å²) in [6.07, 6.45) is 1.93. The molecule has 0 aliphatic carbocycles. The molecule has 3 aromatic rings. The molecule has 2 N–H and O–H groups in total. The number of pyridine rings is 1. The number of para-hydroxylation sites is 1. The van der Waals surface area contributed by atoms with Crippen LogP contribution in [0, 0.1) is 12.8 Å². The van der Waals surface area contributed by atoms with E-state index >= 15 is 0 Å². The van der Waals surface area contributed by atoms with Crippen LogP contribution in [0.1, 0.15) is 11.1 Å². The van der Waals surface area contributed by atoms with Gasteiger partial charge in [-0.25, -0.2) is 0 Å². The van der Waals surface area contributed by atoms with Crippen molar-refractivity contribution in [2.24, 2.45) is 5.92 Å². The van der Waals surface area contributed by atoms with E-state index in [1.807, 2.05) is 31.2 Å². The highest BCUT2D eigenvalue weighted by Gasteiger charge is 2.20. The van der Waals surface area contributed by atoms with Crippen molar-refractivity contribution in [3.63, 3.8) is 0 Å². The molecule has 144 valence electrons. The van der Waals surface area contributed by atoms with Gasteiger partial charge < -0.3 is 15.0 Å². The summed E-state index contributed by atoms with van der Waals surface area (Å²) in [6, 6.07) is 16.1. The fraction of sp³-hybridized carbons (Fsp3) is 0.227. The molecule has 1 aromatic heterocycles. The van der Waals surface area contributed by atoms with Crippen molar-refractivity contribution in [2.45, 2.75) is 19.9 Å². The molecule has 1 atom stereocenters. The third kappa shape index (κ3) is 4.46. The minimum Gasteiger partial charge on any atom is -0.481 e. The van der Waals surface area contributed by atoms with E-state index in [9.17, 15) is 19.5 Å². The molecule has 0 spiro atoms. The maximum atomic E-state index is 12.4. The van der Waals surface area contributed by atoms with Crippen LogP contribution < -0.4 is 10.7 Å². The summed E-state index contributed by atoms with van der Waals surface area (Å²) in [4.78, 5) is 35.9. The summed E-state index contributed by atoms with van der Waals surface area (Å²) in [5, 5.41) is 12.8. The number of benzene rings is 2. The van der Waals surface area contributed by atoms with Crippen LogP contribution in [0.3, 0.4) is 0 Å². The Morgan fingerprint density at radius 1 is 1.07 bits per heavy atom. The van der Waals surface area contributed by atoms with Crippen LogP contribution in [-0.4, -0.2) is 28.1 Å². The zero-order valence-electron chi connectivity index (χ0n) is 15.6. The van der Waals surface area contributed by atoms with E-state index in [-0.39, 0.29) is 24.4 Å². The zero-order valence-corrected chi connectivity index (χ0v) is 15.6. The van der Waals surface area contributed by atoms with Gasteiger partial charge in [0.1, 0.15) is 6.54 Å². The molecule has 1 amide bonds. The topological polar surface area (TPSA) is 88.4 Å². The standard InChI is InChI=1S/C22H22N2O4/c1-15-6-2-3-7-16(15)12-17(22(27)28)13-23-21(26)14-24-11-10-20(25)18-8-4-5-9-19(18)24/h2-11,17H,12-14H2,1H3,(H,23,26)(H,27,28)/t17-/m1/s1. The van der Waals surface area contributed by atoms with Gasteiger partial charge in [-0.3, -0.25) is 14.4 Å². The lowest BCUT2D eigenvalue weighted by Gasteiger charge is -2.16. The van der Waals surface area contributed by atoms with Crippen molar-refractivity contribution in [1.82, 2.24) is 9.88 Å². The van der Waals surface area contributed by atoms with E-state index in [0.29, 0.717) is 17.3 Å². The smallest absolute Gasteiger partial charge is 0.308 e. The lowest BCUT2D eigenvalue weighted by atomic mass is 9.96. The van der Waals surface area contributed by atoms with E-state index in [0.717, 1.165) is 11.1 Å². The quantitative estimate of drug-likeness (QED) is 0.661. The number of carbonyl (C=O) groups excluding carboxylic acids is 1. The van der Waals surface area contributed by atoms with Crippen molar-refractivity contribution < 1.29 is 14.7 Å². The summed E-state index contributed by atoms with van der Waals surface area (Å²) < 4.78 is 1.68. The van der Waals surface area contributed by atoms with Gasteiger partial charge in [-0.05, 0) is 36.6 Å². The van der Waals surface area contributed by atoms with Crippen LogP contribution in [0.2, 0.25) is 0 Å². The van der Waals surface area contributed by atoms with Gasteiger partial charge in [0.15, 0.2) is 5.43 Å². The maximum absolute atomic E-state index is 12.4. The van der Waals surface area contributed by atoms with Crippen molar-refractivity contribution >= 4 is 22.8 Å². The number of amides is 1. The molecule has 1 heterocycles. The predicted molar refractivity (Wildman–Crippen MR) is 107 cm³/mol. The summed E-state index contributed by atoms with van der Waals surface area (Å²) in [7, 11) is 0. The number of aromatic nitrogens is 1. The highest BCUT2D eigenvalue weighted by Crippen LogP contribution is 2.14. The van der Waals surface area contributed by atoms with Crippen molar-refractivity contribution in [1.29, 1.82) is 0 Å². The van der Waals surface area contributed by atoms with Crippen molar-refractivity contribution in [2.75, 3.05) is 6.54 Å². The molecule has 0 radical (unpaired) electrons. The second-order valence-corrected chi connectivity index (χ2v) is 6.79. The highest BCUT2D eigenvalue weighted by atomic mass is 16.4. The highest BCUT2D eigenvalue weighted by molar-refractivity contribution is 5.82. The summed E-state index contributed by atoms with van der Waals surface area (Å²) in [5.74, 6) is -1.96. The number of carboxylic acid groups (broad SMARTS) is 1. The number of rotatable bonds is 7. The molecule has 6 heteroatoms. The lowest BCUT2D eigenvalue weighted by Crippen LogP contribution is -2.36. The molecule has 0 saturated carbocycles. The number of nitrogens with one attached hydrogen (secondary N) is 1. The SMILES string of the molecule is Cc1ccccc1C[C@H](CNC(=O)Cn1ccc(=O)c2ccccc21)C(=O)O. The number of aliphatic carboxylic acids is 1. The van der Waals surface area contributed by atoms with E-state index in [1.165, 1.54) is 6.07 Å². The average molecular weight is 378 g/mol. The molecule has 28 heavy (non-hydrogen) atoms. The maximum Gasteiger partial charge on any atom is 0.308 e. The molecule has 0 aliphatic heterocycles. The van der Waals surface area contributed by atoms with Crippen LogP contribution in [0.25, 0.3) is 10.9 Å². The Morgan fingerprint density at radius 2 is 1.79 bits per heavy atom. The largest absolute Gasteiger partial charge is 0.481 e. The van der Waals surface area contributed by atoms with Crippen LogP contribution in [-0.2, 0) is 22.6 Å². The first-order valence-electron chi connectivity index (χ1n) is 9.08. The zero-order chi connectivity index (χ0) is 20.1. The Hall–Kier alpha value is -3.41. The molecular formula is C22H22N2O4. The van der Waals surface area contributed by atoms with Gasteiger partial charge in [0.2, 0.25) is 5.91 Å². The van der Waals surface area contributed by atoms with E-state index in [2.05, 4.69) is 5.32 Å². The minimum atomic E-state index is -0.947. The van der Waals surface area contributed by atoms with Crippen LogP contribution in [0.4, 0.5) is 0 Å². The van der Waals surface area contributed by atoms with Gasteiger partial charge in [-0.15, -0.1) is 0 Å². The number of hydrogen-bond donors (Lipinski definition) is 2. The van der Waals surface area contributed by atoms with Crippen molar-refractivity contribution in [3.05, 3.63) is 82.1 Å². The van der Waals surface area contributed by atoms with Gasteiger partial charge in [-0.2, -0.15) is 0 Å². The number of nitrogens with zero attached hydrogens (tertiary/aromatic N) is 1.